The molecule has 1 aromatic carbocycles. The van der Waals surface area contributed by atoms with E-state index in [1.165, 1.54) is 12.0 Å². The first-order valence-corrected chi connectivity index (χ1v) is 8.53. The molecule has 0 bridgehead atoms. The van der Waals surface area contributed by atoms with Gasteiger partial charge >= 0.3 is 0 Å². The van der Waals surface area contributed by atoms with Crippen LogP contribution in [0.25, 0.3) is 0 Å². The highest BCUT2D eigenvalue weighted by molar-refractivity contribution is 7.85. The summed E-state index contributed by atoms with van der Waals surface area (Å²) in [5.74, 6) is 0.689. The lowest BCUT2D eigenvalue weighted by Gasteiger charge is -2.34. The van der Waals surface area contributed by atoms with Crippen LogP contribution < -0.4 is 5.32 Å². The molecule has 4 unspecified atom stereocenters. The molecular weight excluding hydrogens is 254 g/mol. The Balaban J connectivity index is 2.18. The minimum absolute atomic E-state index is 0.255. The lowest BCUT2D eigenvalue weighted by atomic mass is 9.87. The molecule has 2 rings (SSSR count). The summed E-state index contributed by atoms with van der Waals surface area (Å²) < 4.78 is 12.9. The Morgan fingerprint density at radius 2 is 2.16 bits per heavy atom. The fourth-order valence-corrected chi connectivity index (χ4v) is 4.87. The van der Waals surface area contributed by atoms with Crippen LogP contribution in [0.15, 0.2) is 29.2 Å². The van der Waals surface area contributed by atoms with Crippen molar-refractivity contribution in [2.75, 3.05) is 6.54 Å². The molecule has 106 valence electrons. The van der Waals surface area contributed by atoms with E-state index in [1.807, 2.05) is 12.1 Å². The Labute approximate surface area is 119 Å². The second-order valence-corrected chi connectivity index (χ2v) is 7.41. The quantitative estimate of drug-likeness (QED) is 0.916. The first-order chi connectivity index (χ1) is 9.11. The minimum atomic E-state index is -0.895. The Kier molecular flexibility index (Phi) is 5.17. The Hall–Kier alpha value is -0.670. The van der Waals surface area contributed by atoms with Crippen LogP contribution in [0.2, 0.25) is 0 Å². The molecule has 2 nitrogen and oxygen atoms in total. The maximum absolute atomic E-state index is 12.9. The molecule has 3 heteroatoms. The third kappa shape index (κ3) is 3.67. The van der Waals surface area contributed by atoms with E-state index in [-0.39, 0.29) is 5.25 Å². The van der Waals surface area contributed by atoms with Crippen molar-refractivity contribution >= 4 is 10.8 Å². The monoisotopic (exact) mass is 279 g/mol. The molecule has 1 aromatic rings. The molecule has 19 heavy (non-hydrogen) atoms. The van der Waals surface area contributed by atoms with Gasteiger partial charge in [-0.3, -0.25) is 4.21 Å². The highest BCUT2D eigenvalue weighted by Gasteiger charge is 2.32. The number of hydrogen-bond acceptors (Lipinski definition) is 2. The average Bonchev–Trinajstić information content (AvgIpc) is 2.40. The fraction of sp³-hybridized carbons (Fsp3) is 0.625. The van der Waals surface area contributed by atoms with Gasteiger partial charge < -0.3 is 5.32 Å². The van der Waals surface area contributed by atoms with Gasteiger partial charge in [0.05, 0.1) is 16.0 Å². The summed E-state index contributed by atoms with van der Waals surface area (Å²) in [6, 6.07) is 8.55. The molecule has 0 saturated heterocycles. The van der Waals surface area contributed by atoms with Crippen LogP contribution in [-0.2, 0) is 10.8 Å². The van der Waals surface area contributed by atoms with E-state index in [1.54, 1.807) is 0 Å². The number of benzene rings is 1. The van der Waals surface area contributed by atoms with E-state index >= 15 is 0 Å². The standard InChI is InChI=1S/C16H25NOS/c1-4-17-15-9-8-13(3)11-16(15)19(18)14-7-5-6-12(2)10-14/h5-7,10,13,15-17H,4,8-9,11H2,1-3H3. The summed E-state index contributed by atoms with van der Waals surface area (Å²) >= 11 is 0. The molecule has 1 N–H and O–H groups in total. The summed E-state index contributed by atoms with van der Waals surface area (Å²) in [4.78, 5) is 0.988. The van der Waals surface area contributed by atoms with E-state index in [4.69, 9.17) is 0 Å². The molecule has 1 aliphatic carbocycles. The molecule has 0 amide bonds. The van der Waals surface area contributed by atoms with E-state index in [0.29, 0.717) is 12.0 Å². The van der Waals surface area contributed by atoms with E-state index < -0.39 is 10.8 Å². The van der Waals surface area contributed by atoms with E-state index in [9.17, 15) is 4.21 Å². The molecule has 1 aliphatic rings. The van der Waals surface area contributed by atoms with Gasteiger partial charge in [0, 0.05) is 10.9 Å². The van der Waals surface area contributed by atoms with Crippen LogP contribution in [0.3, 0.4) is 0 Å². The Bertz CT molecular complexity index is 446. The third-order valence-corrected chi connectivity index (χ3v) is 5.81. The van der Waals surface area contributed by atoms with Crippen molar-refractivity contribution in [1.82, 2.24) is 5.32 Å². The van der Waals surface area contributed by atoms with Gasteiger partial charge in [-0.05, 0) is 56.3 Å². The summed E-state index contributed by atoms with van der Waals surface area (Å²) in [6.45, 7) is 7.43. The minimum Gasteiger partial charge on any atom is -0.313 e. The maximum Gasteiger partial charge on any atom is 0.0576 e. The number of nitrogens with one attached hydrogen (secondary N) is 1. The largest absolute Gasteiger partial charge is 0.313 e. The second-order valence-electron chi connectivity index (χ2n) is 5.73. The lowest BCUT2D eigenvalue weighted by Crippen LogP contribution is -2.45. The van der Waals surface area contributed by atoms with Crippen molar-refractivity contribution in [3.05, 3.63) is 29.8 Å². The molecule has 0 heterocycles. The van der Waals surface area contributed by atoms with Gasteiger partial charge in [0.25, 0.3) is 0 Å². The van der Waals surface area contributed by atoms with Crippen LogP contribution in [0.5, 0.6) is 0 Å². The van der Waals surface area contributed by atoms with Crippen LogP contribution in [0, 0.1) is 12.8 Å². The van der Waals surface area contributed by atoms with Crippen molar-refractivity contribution in [1.29, 1.82) is 0 Å². The van der Waals surface area contributed by atoms with Crippen molar-refractivity contribution in [3.63, 3.8) is 0 Å². The van der Waals surface area contributed by atoms with Crippen LogP contribution in [0.4, 0.5) is 0 Å². The predicted molar refractivity (Wildman–Crippen MR) is 81.9 cm³/mol. The zero-order chi connectivity index (χ0) is 13.8. The first-order valence-electron chi connectivity index (χ1n) is 7.32. The molecule has 0 aliphatic heterocycles. The van der Waals surface area contributed by atoms with Crippen LogP contribution in [0.1, 0.15) is 38.7 Å². The summed E-state index contributed by atoms with van der Waals surface area (Å²) in [5.41, 5.74) is 1.19. The highest BCUT2D eigenvalue weighted by atomic mass is 32.2. The van der Waals surface area contributed by atoms with Crippen molar-refractivity contribution in [2.24, 2.45) is 5.92 Å². The van der Waals surface area contributed by atoms with Gasteiger partial charge in [-0.15, -0.1) is 0 Å². The topological polar surface area (TPSA) is 29.1 Å². The zero-order valence-electron chi connectivity index (χ0n) is 12.2. The Morgan fingerprint density at radius 1 is 1.37 bits per heavy atom. The highest BCUT2D eigenvalue weighted by Crippen LogP contribution is 2.30. The molecular formula is C16H25NOS. The van der Waals surface area contributed by atoms with Gasteiger partial charge in [-0.2, -0.15) is 0 Å². The maximum atomic E-state index is 12.9. The average molecular weight is 279 g/mol. The summed E-state index contributed by atoms with van der Waals surface area (Å²) in [6.07, 6.45) is 3.47. The van der Waals surface area contributed by atoms with Gasteiger partial charge in [0.2, 0.25) is 0 Å². The third-order valence-electron chi connectivity index (χ3n) is 4.02. The van der Waals surface area contributed by atoms with Crippen molar-refractivity contribution in [3.8, 4) is 0 Å². The van der Waals surface area contributed by atoms with Crippen molar-refractivity contribution < 1.29 is 4.21 Å². The molecule has 0 aromatic heterocycles. The Morgan fingerprint density at radius 3 is 2.84 bits per heavy atom. The zero-order valence-corrected chi connectivity index (χ0v) is 13.0. The van der Waals surface area contributed by atoms with Gasteiger partial charge in [-0.25, -0.2) is 0 Å². The summed E-state index contributed by atoms with van der Waals surface area (Å²) in [7, 11) is -0.895. The van der Waals surface area contributed by atoms with E-state index in [0.717, 1.165) is 24.3 Å². The first kappa shape index (κ1) is 14.7. The molecule has 1 fully saturated rings. The van der Waals surface area contributed by atoms with Crippen LogP contribution >= 0.6 is 0 Å². The molecule has 0 spiro atoms. The predicted octanol–water partition coefficient (Wildman–Crippen LogP) is 3.27. The second kappa shape index (κ2) is 6.67. The lowest BCUT2D eigenvalue weighted by molar-refractivity contribution is 0.316. The normalized spacial score (nSPS) is 29.1. The fourth-order valence-electron chi connectivity index (χ4n) is 2.98. The van der Waals surface area contributed by atoms with Gasteiger partial charge in [0.1, 0.15) is 0 Å². The number of rotatable bonds is 4. The molecule has 4 atom stereocenters. The number of aryl methyl sites for hydroxylation is 1. The SMILES string of the molecule is CCNC1CCC(C)CC1S(=O)c1cccc(C)c1. The summed E-state index contributed by atoms with van der Waals surface area (Å²) in [5, 5.41) is 3.78. The van der Waals surface area contributed by atoms with Crippen molar-refractivity contribution in [2.45, 2.75) is 56.2 Å². The molecule has 1 saturated carbocycles. The number of hydrogen-bond donors (Lipinski definition) is 1. The van der Waals surface area contributed by atoms with Gasteiger partial charge in [-0.1, -0.05) is 26.0 Å². The molecule has 0 radical (unpaired) electrons. The van der Waals surface area contributed by atoms with E-state index in [2.05, 4.69) is 38.2 Å². The van der Waals surface area contributed by atoms with Gasteiger partial charge in [0.15, 0.2) is 0 Å². The smallest absolute Gasteiger partial charge is 0.0576 e. The van der Waals surface area contributed by atoms with Crippen LogP contribution in [-0.4, -0.2) is 22.0 Å².